The molecule has 0 aliphatic heterocycles. The molecule has 0 radical (unpaired) electrons. The number of carbonyl (C=O) groups excluding carboxylic acids is 1. The fraction of sp³-hybridized carbons (Fsp3) is 0.462. The van der Waals surface area contributed by atoms with Crippen LogP contribution in [0.25, 0.3) is 0 Å². The van der Waals surface area contributed by atoms with Gasteiger partial charge < -0.3 is 15.2 Å². The summed E-state index contributed by atoms with van der Waals surface area (Å²) < 4.78 is 5.20. The van der Waals surface area contributed by atoms with Gasteiger partial charge in [0.25, 0.3) is 0 Å². The molecule has 0 fully saturated rings. The highest BCUT2D eigenvalue weighted by atomic mass is 16.5. The minimum Gasteiger partial charge on any atom is -0.496 e. The van der Waals surface area contributed by atoms with Gasteiger partial charge in [-0.2, -0.15) is 0 Å². The van der Waals surface area contributed by atoms with E-state index >= 15 is 0 Å². The molecule has 1 amide bonds. The van der Waals surface area contributed by atoms with Crippen molar-refractivity contribution >= 4 is 11.6 Å². The van der Waals surface area contributed by atoms with Crippen molar-refractivity contribution in [3.8, 4) is 5.75 Å². The summed E-state index contributed by atoms with van der Waals surface area (Å²) in [6, 6.07) is 3.79. The van der Waals surface area contributed by atoms with E-state index in [1.807, 2.05) is 26.0 Å². The summed E-state index contributed by atoms with van der Waals surface area (Å²) in [5.74, 6) is 0.738. The molecule has 0 heterocycles. The van der Waals surface area contributed by atoms with Crippen LogP contribution in [0.5, 0.6) is 5.75 Å². The van der Waals surface area contributed by atoms with Crippen LogP contribution in [0, 0.1) is 13.8 Å². The number of methoxy groups -OCH3 is 1. The van der Waals surface area contributed by atoms with Crippen LogP contribution in [-0.2, 0) is 4.79 Å². The van der Waals surface area contributed by atoms with E-state index in [0.717, 1.165) is 22.6 Å². The summed E-state index contributed by atoms with van der Waals surface area (Å²) >= 11 is 0. The number of amides is 1. The minimum absolute atomic E-state index is 0.0358. The van der Waals surface area contributed by atoms with Crippen LogP contribution in [-0.4, -0.2) is 24.7 Å². The van der Waals surface area contributed by atoms with Gasteiger partial charge in [0.2, 0.25) is 5.91 Å². The van der Waals surface area contributed by atoms with Crippen LogP contribution in [0.1, 0.15) is 24.0 Å². The molecule has 0 aliphatic carbocycles. The summed E-state index contributed by atoms with van der Waals surface area (Å²) in [4.78, 5) is 11.5. The number of anilines is 1. The van der Waals surface area contributed by atoms with E-state index in [0.29, 0.717) is 12.8 Å². The number of benzene rings is 1. The van der Waals surface area contributed by atoms with Crippen LogP contribution in [0.4, 0.5) is 5.69 Å². The third-order valence-corrected chi connectivity index (χ3v) is 2.58. The van der Waals surface area contributed by atoms with Gasteiger partial charge in [-0.15, -0.1) is 0 Å². The molecule has 1 aromatic carbocycles. The van der Waals surface area contributed by atoms with Crippen molar-refractivity contribution in [3.63, 3.8) is 0 Å². The largest absolute Gasteiger partial charge is 0.496 e. The Bertz CT molecular complexity index is 402. The Balaban J connectivity index is 2.78. The molecular weight excluding hydrogens is 218 g/mol. The highest BCUT2D eigenvalue weighted by Gasteiger charge is 2.07. The highest BCUT2D eigenvalue weighted by Crippen LogP contribution is 2.25. The monoisotopic (exact) mass is 237 g/mol. The van der Waals surface area contributed by atoms with Crippen molar-refractivity contribution in [2.24, 2.45) is 0 Å². The number of aliphatic hydroxyl groups is 1. The van der Waals surface area contributed by atoms with E-state index in [1.54, 1.807) is 7.11 Å². The van der Waals surface area contributed by atoms with Crippen molar-refractivity contribution in [1.29, 1.82) is 0 Å². The summed E-state index contributed by atoms with van der Waals surface area (Å²) in [7, 11) is 1.63. The molecule has 17 heavy (non-hydrogen) atoms. The van der Waals surface area contributed by atoms with Crippen LogP contribution >= 0.6 is 0 Å². The smallest absolute Gasteiger partial charge is 0.224 e. The molecule has 0 spiro atoms. The molecule has 0 bridgehead atoms. The number of hydrogen-bond acceptors (Lipinski definition) is 3. The van der Waals surface area contributed by atoms with Crippen LogP contribution in [0.15, 0.2) is 12.1 Å². The number of aliphatic hydroxyl groups excluding tert-OH is 1. The molecule has 1 rings (SSSR count). The van der Waals surface area contributed by atoms with E-state index in [9.17, 15) is 4.79 Å². The average Bonchev–Trinajstić information content (AvgIpc) is 2.30. The summed E-state index contributed by atoms with van der Waals surface area (Å²) in [5.41, 5.74) is 2.74. The van der Waals surface area contributed by atoms with Crippen molar-refractivity contribution in [1.82, 2.24) is 0 Å². The zero-order chi connectivity index (χ0) is 12.8. The molecule has 1 aromatic rings. The first kappa shape index (κ1) is 13.5. The summed E-state index contributed by atoms with van der Waals surface area (Å²) in [6.07, 6.45) is 0.820. The number of nitrogens with one attached hydrogen (secondary N) is 1. The van der Waals surface area contributed by atoms with Crippen molar-refractivity contribution in [2.45, 2.75) is 26.7 Å². The zero-order valence-corrected chi connectivity index (χ0v) is 10.5. The molecule has 0 unspecified atom stereocenters. The zero-order valence-electron chi connectivity index (χ0n) is 10.5. The maximum Gasteiger partial charge on any atom is 0.224 e. The van der Waals surface area contributed by atoms with E-state index in [2.05, 4.69) is 5.32 Å². The topological polar surface area (TPSA) is 58.6 Å². The number of ether oxygens (including phenoxy) is 1. The van der Waals surface area contributed by atoms with Gasteiger partial charge in [0.1, 0.15) is 5.75 Å². The second-order valence-electron chi connectivity index (χ2n) is 4.01. The lowest BCUT2D eigenvalue weighted by Gasteiger charge is -2.12. The standard InChI is InChI=1S/C13H19NO3/c1-9-8-12(17-3)10(2)7-11(9)14-13(16)5-4-6-15/h7-8,15H,4-6H2,1-3H3,(H,14,16). The Hall–Kier alpha value is -1.55. The van der Waals surface area contributed by atoms with Crippen molar-refractivity contribution in [3.05, 3.63) is 23.3 Å². The molecule has 0 aliphatic rings. The number of rotatable bonds is 5. The van der Waals surface area contributed by atoms with Gasteiger partial charge in [-0.05, 0) is 43.5 Å². The van der Waals surface area contributed by atoms with Gasteiger partial charge in [-0.1, -0.05) is 0 Å². The number of carbonyl (C=O) groups is 1. The van der Waals surface area contributed by atoms with Crippen LogP contribution < -0.4 is 10.1 Å². The lowest BCUT2D eigenvalue weighted by atomic mass is 10.1. The Morgan fingerprint density at radius 1 is 1.35 bits per heavy atom. The number of aryl methyl sites for hydroxylation is 2. The molecule has 4 nitrogen and oxygen atoms in total. The molecule has 2 N–H and O–H groups in total. The van der Waals surface area contributed by atoms with Crippen LogP contribution in [0.2, 0.25) is 0 Å². The van der Waals surface area contributed by atoms with Gasteiger partial charge in [-0.3, -0.25) is 4.79 Å². The fourth-order valence-corrected chi connectivity index (χ4v) is 1.60. The normalized spacial score (nSPS) is 10.1. The molecule has 4 heteroatoms. The Morgan fingerprint density at radius 3 is 2.65 bits per heavy atom. The molecule has 0 aromatic heterocycles. The molecular formula is C13H19NO3. The Labute approximate surface area is 102 Å². The predicted molar refractivity (Wildman–Crippen MR) is 67.4 cm³/mol. The summed E-state index contributed by atoms with van der Waals surface area (Å²) in [5, 5.41) is 11.5. The van der Waals surface area contributed by atoms with E-state index in [1.165, 1.54) is 0 Å². The van der Waals surface area contributed by atoms with E-state index in [-0.39, 0.29) is 12.5 Å². The maximum atomic E-state index is 11.5. The van der Waals surface area contributed by atoms with Crippen molar-refractivity contribution < 1.29 is 14.6 Å². The predicted octanol–water partition coefficient (Wildman–Crippen LogP) is 2.02. The lowest BCUT2D eigenvalue weighted by Crippen LogP contribution is -2.13. The minimum atomic E-state index is -0.0771. The van der Waals surface area contributed by atoms with E-state index in [4.69, 9.17) is 9.84 Å². The first-order chi connectivity index (χ1) is 8.08. The first-order valence-electron chi connectivity index (χ1n) is 5.64. The quantitative estimate of drug-likeness (QED) is 0.823. The third-order valence-electron chi connectivity index (χ3n) is 2.58. The highest BCUT2D eigenvalue weighted by molar-refractivity contribution is 5.91. The van der Waals surface area contributed by atoms with Crippen molar-refractivity contribution in [2.75, 3.05) is 19.0 Å². The Kier molecular flexibility index (Phi) is 4.97. The second kappa shape index (κ2) is 6.25. The molecule has 94 valence electrons. The summed E-state index contributed by atoms with van der Waals surface area (Å²) in [6.45, 7) is 3.89. The van der Waals surface area contributed by atoms with Crippen LogP contribution in [0.3, 0.4) is 0 Å². The SMILES string of the molecule is COc1cc(C)c(NC(=O)CCCO)cc1C. The van der Waals surface area contributed by atoms with Gasteiger partial charge in [0.15, 0.2) is 0 Å². The third kappa shape index (κ3) is 3.75. The molecule has 0 saturated heterocycles. The number of hydrogen-bond donors (Lipinski definition) is 2. The lowest BCUT2D eigenvalue weighted by molar-refractivity contribution is -0.116. The van der Waals surface area contributed by atoms with Gasteiger partial charge in [0.05, 0.1) is 7.11 Å². The fourth-order valence-electron chi connectivity index (χ4n) is 1.60. The average molecular weight is 237 g/mol. The van der Waals surface area contributed by atoms with E-state index < -0.39 is 0 Å². The molecule has 0 atom stereocenters. The van der Waals surface area contributed by atoms with Gasteiger partial charge in [-0.25, -0.2) is 0 Å². The second-order valence-corrected chi connectivity index (χ2v) is 4.01. The van der Waals surface area contributed by atoms with Gasteiger partial charge in [0, 0.05) is 18.7 Å². The Morgan fingerprint density at radius 2 is 2.06 bits per heavy atom. The molecule has 0 saturated carbocycles. The first-order valence-corrected chi connectivity index (χ1v) is 5.64. The van der Waals surface area contributed by atoms with Gasteiger partial charge >= 0.3 is 0 Å². The maximum absolute atomic E-state index is 11.5.